The van der Waals surface area contributed by atoms with Crippen molar-refractivity contribution in [1.29, 1.82) is 0 Å². The van der Waals surface area contributed by atoms with Crippen LogP contribution in [0.5, 0.6) is 0 Å². The number of aromatic nitrogens is 1. The van der Waals surface area contributed by atoms with E-state index in [-0.39, 0.29) is 5.56 Å². The van der Waals surface area contributed by atoms with Gasteiger partial charge in [0.1, 0.15) is 4.60 Å². The third-order valence-electron chi connectivity index (χ3n) is 1.58. The van der Waals surface area contributed by atoms with Gasteiger partial charge in [-0.05, 0) is 44.3 Å². The number of nitrogens with zero attached hydrogens (tertiary/aromatic N) is 1. The highest BCUT2D eigenvalue weighted by molar-refractivity contribution is 9.13. The predicted molar refractivity (Wildman–Crippen MR) is 56.0 cm³/mol. The highest BCUT2D eigenvalue weighted by Crippen LogP contribution is 2.23. The van der Waals surface area contributed by atoms with E-state index in [9.17, 15) is 4.79 Å². The van der Waals surface area contributed by atoms with E-state index < -0.39 is 5.97 Å². The Balaban J connectivity index is 3.33. The summed E-state index contributed by atoms with van der Waals surface area (Å²) in [5, 5.41) is 8.84. The van der Waals surface area contributed by atoms with Crippen molar-refractivity contribution in [1.82, 2.24) is 4.98 Å². The topological polar surface area (TPSA) is 50.2 Å². The van der Waals surface area contributed by atoms with Crippen molar-refractivity contribution in [3.8, 4) is 0 Å². The lowest BCUT2D eigenvalue weighted by Gasteiger charge is -2.04. The van der Waals surface area contributed by atoms with Crippen LogP contribution in [-0.2, 0) is 6.42 Å². The highest BCUT2D eigenvalue weighted by Gasteiger charge is 2.12. The minimum absolute atomic E-state index is 0.248. The second-order valence-electron chi connectivity index (χ2n) is 2.41. The molecule has 3 nitrogen and oxygen atoms in total. The Hall–Kier alpha value is -0.420. The van der Waals surface area contributed by atoms with Gasteiger partial charge in [0.25, 0.3) is 0 Å². The molecule has 1 N–H and O–H groups in total. The molecule has 70 valence electrons. The molecule has 0 aromatic carbocycles. The zero-order valence-corrected chi connectivity index (χ0v) is 10.0. The van der Waals surface area contributed by atoms with Crippen LogP contribution in [0.1, 0.15) is 23.0 Å². The third-order valence-corrected chi connectivity index (χ3v) is 3.32. The van der Waals surface area contributed by atoms with Crippen molar-refractivity contribution in [2.75, 3.05) is 0 Å². The van der Waals surface area contributed by atoms with Crippen LogP contribution in [0.3, 0.4) is 0 Å². The van der Waals surface area contributed by atoms with E-state index in [1.807, 2.05) is 6.92 Å². The van der Waals surface area contributed by atoms with E-state index in [0.717, 1.165) is 0 Å². The second-order valence-corrected chi connectivity index (χ2v) is 4.02. The summed E-state index contributed by atoms with van der Waals surface area (Å²) in [4.78, 5) is 14.9. The number of aryl methyl sites for hydroxylation is 1. The van der Waals surface area contributed by atoms with Gasteiger partial charge >= 0.3 is 5.97 Å². The molecule has 0 fully saturated rings. The average molecular weight is 309 g/mol. The molecule has 0 radical (unpaired) electrons. The van der Waals surface area contributed by atoms with Crippen LogP contribution in [0, 0.1) is 0 Å². The van der Waals surface area contributed by atoms with Gasteiger partial charge in [0, 0.05) is 0 Å². The second kappa shape index (κ2) is 4.19. The van der Waals surface area contributed by atoms with Gasteiger partial charge in [-0.3, -0.25) is 0 Å². The van der Waals surface area contributed by atoms with Gasteiger partial charge in [0.15, 0.2) is 0 Å². The number of halogens is 2. The van der Waals surface area contributed by atoms with Crippen LogP contribution in [-0.4, -0.2) is 16.1 Å². The summed E-state index contributed by atoms with van der Waals surface area (Å²) in [6, 6.07) is 1.55. The van der Waals surface area contributed by atoms with E-state index in [2.05, 4.69) is 36.8 Å². The molecule has 1 heterocycles. The Bertz CT molecular complexity index is 352. The van der Waals surface area contributed by atoms with Crippen molar-refractivity contribution >= 4 is 37.8 Å². The Morgan fingerprint density at radius 2 is 2.23 bits per heavy atom. The summed E-state index contributed by atoms with van der Waals surface area (Å²) in [7, 11) is 0. The molecule has 0 amide bonds. The van der Waals surface area contributed by atoms with Crippen LogP contribution < -0.4 is 0 Å². The van der Waals surface area contributed by atoms with Crippen molar-refractivity contribution in [2.45, 2.75) is 13.3 Å². The van der Waals surface area contributed by atoms with Crippen LogP contribution in [0.4, 0.5) is 0 Å². The SMILES string of the molecule is CCc1nc(Br)c(Br)cc1C(=O)O. The van der Waals surface area contributed by atoms with Crippen LogP contribution in [0.2, 0.25) is 0 Å². The fraction of sp³-hybridized carbons (Fsp3) is 0.250. The average Bonchev–Trinajstić information content (AvgIpc) is 2.08. The first-order valence-electron chi connectivity index (χ1n) is 3.64. The fourth-order valence-electron chi connectivity index (χ4n) is 0.956. The van der Waals surface area contributed by atoms with E-state index in [1.165, 1.54) is 0 Å². The molecule has 0 spiro atoms. The maximum atomic E-state index is 10.8. The van der Waals surface area contributed by atoms with Crippen molar-refractivity contribution in [3.63, 3.8) is 0 Å². The molecular formula is C8H7Br2NO2. The highest BCUT2D eigenvalue weighted by atomic mass is 79.9. The Morgan fingerprint density at radius 1 is 1.62 bits per heavy atom. The zero-order chi connectivity index (χ0) is 10.0. The van der Waals surface area contributed by atoms with E-state index in [4.69, 9.17) is 5.11 Å². The molecule has 1 rings (SSSR count). The standard InChI is InChI=1S/C8H7Br2NO2/c1-2-6-4(8(12)13)3-5(9)7(10)11-6/h3H,2H2,1H3,(H,12,13). The van der Waals surface area contributed by atoms with Gasteiger partial charge in [-0.2, -0.15) is 0 Å². The first kappa shape index (κ1) is 10.7. The molecule has 0 aliphatic heterocycles. The molecular weight excluding hydrogens is 302 g/mol. The Morgan fingerprint density at radius 3 is 2.69 bits per heavy atom. The number of rotatable bonds is 2. The first-order valence-corrected chi connectivity index (χ1v) is 5.23. The summed E-state index contributed by atoms with van der Waals surface area (Å²) in [6.45, 7) is 1.87. The quantitative estimate of drug-likeness (QED) is 0.855. The molecule has 0 saturated heterocycles. The summed E-state index contributed by atoms with van der Waals surface area (Å²) in [5.74, 6) is -0.947. The number of aromatic carboxylic acids is 1. The lowest BCUT2D eigenvalue weighted by Crippen LogP contribution is -2.04. The summed E-state index contributed by atoms with van der Waals surface area (Å²) >= 11 is 6.42. The lowest BCUT2D eigenvalue weighted by molar-refractivity contribution is 0.0695. The van der Waals surface area contributed by atoms with Gasteiger partial charge in [-0.1, -0.05) is 6.92 Å². The first-order chi connectivity index (χ1) is 6.06. The van der Waals surface area contributed by atoms with Crippen LogP contribution in [0.15, 0.2) is 15.1 Å². The monoisotopic (exact) mass is 307 g/mol. The van der Waals surface area contributed by atoms with Crippen LogP contribution in [0.25, 0.3) is 0 Å². The molecule has 0 unspecified atom stereocenters. The number of carboxylic acid groups (broad SMARTS) is 1. The predicted octanol–water partition coefficient (Wildman–Crippen LogP) is 2.87. The maximum Gasteiger partial charge on any atom is 0.337 e. The van der Waals surface area contributed by atoms with Gasteiger partial charge in [-0.25, -0.2) is 9.78 Å². The minimum atomic E-state index is -0.947. The molecule has 13 heavy (non-hydrogen) atoms. The number of hydrogen-bond acceptors (Lipinski definition) is 2. The molecule has 0 atom stereocenters. The van der Waals surface area contributed by atoms with Gasteiger partial charge in [0.05, 0.1) is 15.7 Å². The largest absolute Gasteiger partial charge is 0.478 e. The van der Waals surface area contributed by atoms with Crippen molar-refractivity contribution < 1.29 is 9.90 Å². The summed E-state index contributed by atoms with van der Waals surface area (Å²) in [5.41, 5.74) is 0.833. The molecule has 0 bridgehead atoms. The van der Waals surface area contributed by atoms with Gasteiger partial charge < -0.3 is 5.11 Å². The van der Waals surface area contributed by atoms with E-state index >= 15 is 0 Å². The molecule has 0 aliphatic carbocycles. The lowest BCUT2D eigenvalue weighted by atomic mass is 10.1. The van der Waals surface area contributed by atoms with E-state index in [1.54, 1.807) is 6.07 Å². The smallest absolute Gasteiger partial charge is 0.337 e. The van der Waals surface area contributed by atoms with Gasteiger partial charge in [-0.15, -0.1) is 0 Å². The molecule has 1 aromatic rings. The summed E-state index contributed by atoms with van der Waals surface area (Å²) in [6.07, 6.45) is 0.605. The number of carbonyl (C=O) groups is 1. The van der Waals surface area contributed by atoms with E-state index in [0.29, 0.717) is 21.2 Å². The van der Waals surface area contributed by atoms with Crippen molar-refractivity contribution in [2.24, 2.45) is 0 Å². The van der Waals surface area contributed by atoms with Crippen LogP contribution >= 0.6 is 31.9 Å². The number of pyridine rings is 1. The normalized spacial score (nSPS) is 10.1. The zero-order valence-electron chi connectivity index (χ0n) is 6.84. The molecule has 0 saturated carbocycles. The Kier molecular flexibility index (Phi) is 3.44. The number of carboxylic acids is 1. The van der Waals surface area contributed by atoms with Crippen molar-refractivity contribution in [3.05, 3.63) is 26.4 Å². The fourth-order valence-corrected chi connectivity index (χ4v) is 1.60. The molecule has 1 aromatic heterocycles. The Labute approximate surface area is 92.4 Å². The molecule has 0 aliphatic rings. The number of hydrogen-bond donors (Lipinski definition) is 1. The third kappa shape index (κ3) is 2.28. The maximum absolute atomic E-state index is 10.8. The molecule has 5 heteroatoms. The summed E-state index contributed by atoms with van der Waals surface area (Å²) < 4.78 is 1.29. The van der Waals surface area contributed by atoms with Gasteiger partial charge in [0.2, 0.25) is 0 Å². The minimum Gasteiger partial charge on any atom is -0.478 e.